The third-order valence-corrected chi connectivity index (χ3v) is 5.28. The summed E-state index contributed by atoms with van der Waals surface area (Å²) in [5.74, 6) is 0. The van der Waals surface area contributed by atoms with Crippen LogP contribution in [0.2, 0.25) is 0 Å². The van der Waals surface area contributed by atoms with Crippen LogP contribution in [0, 0.1) is 0 Å². The van der Waals surface area contributed by atoms with Gasteiger partial charge in [-0.1, -0.05) is 30.7 Å². The van der Waals surface area contributed by atoms with Crippen molar-refractivity contribution < 1.29 is 0 Å². The fourth-order valence-electron chi connectivity index (χ4n) is 3.00. The topological polar surface area (TPSA) is 24.9 Å². The van der Waals surface area contributed by atoms with Crippen molar-refractivity contribution in [1.82, 2.24) is 10.3 Å². The zero-order chi connectivity index (χ0) is 13.8. The van der Waals surface area contributed by atoms with Crippen LogP contribution in [0.5, 0.6) is 0 Å². The van der Waals surface area contributed by atoms with Crippen LogP contribution in [0.15, 0.2) is 36.4 Å². The van der Waals surface area contributed by atoms with Gasteiger partial charge >= 0.3 is 0 Å². The van der Waals surface area contributed by atoms with E-state index in [2.05, 4.69) is 48.0 Å². The van der Waals surface area contributed by atoms with Crippen LogP contribution in [0.3, 0.4) is 0 Å². The van der Waals surface area contributed by atoms with Gasteiger partial charge in [-0.15, -0.1) is 0 Å². The number of nitrogens with zero attached hydrogens (tertiary/aromatic N) is 1. The Hall–Kier alpha value is -1.06. The number of para-hydroxylation sites is 1. The number of fused-ring (bicyclic) bond motifs is 1. The van der Waals surface area contributed by atoms with Crippen molar-refractivity contribution in [2.75, 3.05) is 6.26 Å². The predicted molar refractivity (Wildman–Crippen MR) is 88.1 cm³/mol. The minimum Gasteiger partial charge on any atom is -0.308 e. The van der Waals surface area contributed by atoms with E-state index in [1.807, 2.05) is 11.8 Å². The quantitative estimate of drug-likeness (QED) is 0.919. The zero-order valence-corrected chi connectivity index (χ0v) is 12.8. The van der Waals surface area contributed by atoms with E-state index in [4.69, 9.17) is 4.98 Å². The molecule has 0 spiro atoms. The van der Waals surface area contributed by atoms with Crippen LogP contribution in [-0.4, -0.2) is 22.5 Å². The molecule has 1 aliphatic carbocycles. The van der Waals surface area contributed by atoms with Crippen LogP contribution >= 0.6 is 11.8 Å². The van der Waals surface area contributed by atoms with E-state index in [1.165, 1.54) is 31.1 Å². The van der Waals surface area contributed by atoms with Crippen LogP contribution < -0.4 is 5.32 Å². The number of rotatable bonds is 4. The molecule has 1 fully saturated rings. The molecule has 1 aliphatic rings. The van der Waals surface area contributed by atoms with Gasteiger partial charge < -0.3 is 5.32 Å². The summed E-state index contributed by atoms with van der Waals surface area (Å²) in [5, 5.41) is 5.75. The van der Waals surface area contributed by atoms with Crippen molar-refractivity contribution in [2.45, 2.75) is 43.5 Å². The molecule has 1 saturated carbocycles. The molecule has 2 unspecified atom stereocenters. The molecule has 1 aromatic carbocycles. The number of pyridine rings is 1. The zero-order valence-electron chi connectivity index (χ0n) is 12.0. The maximum Gasteiger partial charge on any atom is 0.0705 e. The van der Waals surface area contributed by atoms with Gasteiger partial charge in [0, 0.05) is 23.2 Å². The molecule has 3 heteroatoms. The normalized spacial score (nSPS) is 23.1. The second kappa shape index (κ2) is 6.59. The molecule has 0 saturated heterocycles. The summed E-state index contributed by atoms with van der Waals surface area (Å²) in [6, 6.07) is 13.3. The molecule has 20 heavy (non-hydrogen) atoms. The highest BCUT2D eigenvalue weighted by Gasteiger charge is 2.20. The monoisotopic (exact) mass is 286 g/mol. The maximum absolute atomic E-state index is 4.73. The van der Waals surface area contributed by atoms with Gasteiger partial charge in [0.2, 0.25) is 0 Å². The second-order valence-electron chi connectivity index (χ2n) is 5.60. The summed E-state index contributed by atoms with van der Waals surface area (Å²) in [6.07, 6.45) is 7.58. The fourth-order valence-corrected chi connectivity index (χ4v) is 3.83. The van der Waals surface area contributed by atoms with Crippen LogP contribution in [-0.2, 0) is 6.54 Å². The van der Waals surface area contributed by atoms with Crippen molar-refractivity contribution in [3.63, 3.8) is 0 Å². The Morgan fingerprint density at radius 1 is 1.20 bits per heavy atom. The number of nitrogens with one attached hydrogen (secondary N) is 1. The first kappa shape index (κ1) is 13.9. The molecule has 0 bridgehead atoms. The van der Waals surface area contributed by atoms with Crippen molar-refractivity contribution in [1.29, 1.82) is 0 Å². The van der Waals surface area contributed by atoms with Gasteiger partial charge in [-0.25, -0.2) is 0 Å². The van der Waals surface area contributed by atoms with Crippen LogP contribution in [0.1, 0.15) is 31.4 Å². The molecule has 2 atom stereocenters. The highest BCUT2D eigenvalue weighted by atomic mass is 32.2. The molecule has 0 radical (unpaired) electrons. The van der Waals surface area contributed by atoms with E-state index in [1.54, 1.807) is 0 Å². The molecule has 1 heterocycles. The Bertz CT molecular complexity index is 570. The molecule has 3 rings (SSSR count). The second-order valence-corrected chi connectivity index (χ2v) is 6.74. The summed E-state index contributed by atoms with van der Waals surface area (Å²) in [4.78, 5) is 4.73. The minimum atomic E-state index is 0.662. The number of thioether (sulfide) groups is 1. The minimum absolute atomic E-state index is 0.662. The van der Waals surface area contributed by atoms with Gasteiger partial charge in [0.25, 0.3) is 0 Å². The number of benzene rings is 1. The molecule has 0 amide bonds. The molecule has 2 nitrogen and oxygen atoms in total. The lowest BCUT2D eigenvalue weighted by atomic mass is 9.95. The smallest absolute Gasteiger partial charge is 0.0705 e. The standard InChI is InChI=1S/C17H22N2S/c1-20-16-7-4-6-14(11-16)18-12-15-10-9-13-5-2-3-8-17(13)19-15/h2-3,5,8-10,14,16,18H,4,6-7,11-12H2,1H3. The summed E-state index contributed by atoms with van der Waals surface area (Å²) in [7, 11) is 0. The maximum atomic E-state index is 4.73. The Balaban J connectivity index is 1.61. The highest BCUT2D eigenvalue weighted by Crippen LogP contribution is 2.27. The van der Waals surface area contributed by atoms with Gasteiger partial charge in [-0.3, -0.25) is 4.98 Å². The Kier molecular flexibility index (Phi) is 4.58. The fraction of sp³-hybridized carbons (Fsp3) is 0.471. The third kappa shape index (κ3) is 3.33. The number of aromatic nitrogens is 1. The molecular weight excluding hydrogens is 264 g/mol. The van der Waals surface area contributed by atoms with Crippen molar-refractivity contribution in [2.24, 2.45) is 0 Å². The first-order chi connectivity index (χ1) is 9.85. The summed E-state index contributed by atoms with van der Waals surface area (Å²) in [6.45, 7) is 0.886. The molecular formula is C17H22N2S. The number of hydrogen-bond donors (Lipinski definition) is 1. The summed E-state index contributed by atoms with van der Waals surface area (Å²) < 4.78 is 0. The summed E-state index contributed by atoms with van der Waals surface area (Å²) >= 11 is 2.02. The van der Waals surface area contributed by atoms with Gasteiger partial charge in [0.1, 0.15) is 0 Å². The van der Waals surface area contributed by atoms with Crippen LogP contribution in [0.4, 0.5) is 0 Å². The van der Waals surface area contributed by atoms with E-state index < -0.39 is 0 Å². The van der Waals surface area contributed by atoms with Crippen molar-refractivity contribution >= 4 is 22.7 Å². The van der Waals surface area contributed by atoms with E-state index >= 15 is 0 Å². The Labute approximate surface area is 125 Å². The molecule has 2 aromatic rings. The van der Waals surface area contributed by atoms with E-state index in [-0.39, 0.29) is 0 Å². The molecule has 106 valence electrons. The SMILES string of the molecule is CSC1CCCC(NCc2ccc3ccccc3n2)C1. The highest BCUT2D eigenvalue weighted by molar-refractivity contribution is 7.99. The molecule has 0 aliphatic heterocycles. The predicted octanol–water partition coefficient (Wildman–Crippen LogP) is 4.00. The average molecular weight is 286 g/mol. The first-order valence-electron chi connectivity index (χ1n) is 7.46. The van der Waals surface area contributed by atoms with E-state index in [9.17, 15) is 0 Å². The largest absolute Gasteiger partial charge is 0.308 e. The van der Waals surface area contributed by atoms with E-state index in [0.717, 1.165) is 23.0 Å². The Morgan fingerprint density at radius 3 is 3.00 bits per heavy atom. The lowest BCUT2D eigenvalue weighted by Crippen LogP contribution is -2.34. The van der Waals surface area contributed by atoms with Gasteiger partial charge in [-0.2, -0.15) is 11.8 Å². The van der Waals surface area contributed by atoms with Crippen LogP contribution in [0.25, 0.3) is 10.9 Å². The Morgan fingerprint density at radius 2 is 2.10 bits per heavy atom. The van der Waals surface area contributed by atoms with Gasteiger partial charge in [0.15, 0.2) is 0 Å². The first-order valence-corrected chi connectivity index (χ1v) is 8.75. The van der Waals surface area contributed by atoms with Crippen molar-refractivity contribution in [3.8, 4) is 0 Å². The van der Waals surface area contributed by atoms with E-state index in [0.29, 0.717) is 6.04 Å². The lowest BCUT2D eigenvalue weighted by molar-refractivity contribution is 0.378. The van der Waals surface area contributed by atoms with Crippen molar-refractivity contribution in [3.05, 3.63) is 42.1 Å². The molecule has 1 N–H and O–H groups in total. The third-order valence-electron chi connectivity index (χ3n) is 4.19. The van der Waals surface area contributed by atoms with Gasteiger partial charge in [-0.05, 0) is 37.7 Å². The molecule has 1 aromatic heterocycles. The average Bonchev–Trinajstić information content (AvgIpc) is 2.53. The lowest BCUT2D eigenvalue weighted by Gasteiger charge is -2.28. The summed E-state index contributed by atoms with van der Waals surface area (Å²) in [5.41, 5.74) is 2.24. The number of hydrogen-bond acceptors (Lipinski definition) is 3. The van der Waals surface area contributed by atoms with Gasteiger partial charge in [0.05, 0.1) is 11.2 Å².